The molecule has 0 aromatic heterocycles. The number of piperazine rings is 1. The zero-order valence-electron chi connectivity index (χ0n) is 13.1. The van der Waals surface area contributed by atoms with E-state index < -0.39 is 11.7 Å². The summed E-state index contributed by atoms with van der Waals surface area (Å²) in [4.78, 5) is 3.36. The minimum Gasteiger partial charge on any atom is -0.359 e. The van der Waals surface area contributed by atoms with E-state index in [-0.39, 0.29) is 0 Å². The smallest absolute Gasteiger partial charge is 0.359 e. The van der Waals surface area contributed by atoms with Gasteiger partial charge < -0.3 is 9.80 Å². The fraction of sp³-hybridized carbons (Fsp3) is 0.333. The van der Waals surface area contributed by atoms with E-state index >= 15 is 0 Å². The molecule has 0 spiro atoms. The fourth-order valence-electron chi connectivity index (χ4n) is 3.17. The van der Waals surface area contributed by atoms with Crippen LogP contribution in [0.1, 0.15) is 11.1 Å². The molecule has 0 unspecified atom stereocenters. The molecular weight excluding hydrogens is 337 g/mol. The first-order valence-corrected chi connectivity index (χ1v) is 8.31. The normalized spacial score (nSPS) is 16.4. The van der Waals surface area contributed by atoms with Crippen molar-refractivity contribution in [3.63, 3.8) is 0 Å². The summed E-state index contributed by atoms with van der Waals surface area (Å²) in [6.45, 7) is 3.54. The summed E-state index contributed by atoms with van der Waals surface area (Å²) in [5.41, 5.74) is 0.839. The van der Waals surface area contributed by atoms with Crippen molar-refractivity contribution in [2.75, 3.05) is 31.1 Å². The summed E-state index contributed by atoms with van der Waals surface area (Å²) in [5.74, 6) is 0. The van der Waals surface area contributed by atoms with E-state index in [4.69, 9.17) is 11.6 Å². The quantitative estimate of drug-likeness (QED) is 0.888. The van der Waals surface area contributed by atoms with Gasteiger partial charge in [-0.15, -0.1) is 0 Å². The van der Waals surface area contributed by atoms with Crippen LogP contribution in [-0.2, 0) is 12.7 Å². The average molecular weight is 356 g/mol. The predicted octanol–water partition coefficient (Wildman–Crippen LogP) is 3.26. The Hall–Kier alpha value is -1.72. The third-order valence-electron chi connectivity index (χ3n) is 4.43. The molecule has 1 N–H and O–H groups in total. The zero-order chi connectivity index (χ0) is 17.2. The van der Waals surface area contributed by atoms with Crippen LogP contribution in [0, 0.1) is 0 Å². The van der Waals surface area contributed by atoms with Crippen molar-refractivity contribution in [2.24, 2.45) is 0 Å². The highest BCUT2D eigenvalue weighted by Gasteiger charge is 2.34. The van der Waals surface area contributed by atoms with Gasteiger partial charge in [-0.05, 0) is 18.2 Å². The predicted molar refractivity (Wildman–Crippen MR) is 89.5 cm³/mol. The van der Waals surface area contributed by atoms with E-state index in [0.29, 0.717) is 17.1 Å². The van der Waals surface area contributed by atoms with Gasteiger partial charge in [-0.3, -0.25) is 0 Å². The first-order chi connectivity index (χ1) is 11.4. The lowest BCUT2D eigenvalue weighted by Crippen LogP contribution is -3.13. The Morgan fingerprint density at radius 2 is 1.58 bits per heavy atom. The summed E-state index contributed by atoms with van der Waals surface area (Å²) < 4.78 is 39.3. The minimum atomic E-state index is -4.30. The molecule has 1 aliphatic rings. The minimum absolute atomic E-state index is 0.367. The van der Waals surface area contributed by atoms with Crippen LogP contribution in [0.3, 0.4) is 0 Å². The van der Waals surface area contributed by atoms with Crippen LogP contribution in [0.15, 0.2) is 48.5 Å². The highest BCUT2D eigenvalue weighted by molar-refractivity contribution is 6.33. The van der Waals surface area contributed by atoms with Crippen molar-refractivity contribution in [3.8, 4) is 0 Å². The zero-order valence-corrected chi connectivity index (χ0v) is 13.9. The van der Waals surface area contributed by atoms with Crippen molar-refractivity contribution in [2.45, 2.75) is 12.7 Å². The number of nitrogens with one attached hydrogen (secondary N) is 1. The van der Waals surface area contributed by atoms with Gasteiger partial charge in [0.05, 0.1) is 42.5 Å². The van der Waals surface area contributed by atoms with Gasteiger partial charge >= 0.3 is 6.18 Å². The molecular formula is C18H19ClF3N2+. The summed E-state index contributed by atoms with van der Waals surface area (Å²) in [7, 11) is 0. The molecule has 1 heterocycles. The molecule has 6 heteroatoms. The summed E-state index contributed by atoms with van der Waals surface area (Å²) in [6, 6.07) is 13.5. The van der Waals surface area contributed by atoms with E-state index in [9.17, 15) is 13.2 Å². The van der Waals surface area contributed by atoms with Gasteiger partial charge in [0.15, 0.2) is 0 Å². The number of hydrogen-bond donors (Lipinski definition) is 1. The van der Waals surface area contributed by atoms with Gasteiger partial charge in [-0.25, -0.2) is 0 Å². The van der Waals surface area contributed by atoms with Crippen LogP contribution >= 0.6 is 11.6 Å². The van der Waals surface area contributed by atoms with E-state index in [1.54, 1.807) is 12.1 Å². The second-order valence-electron chi connectivity index (χ2n) is 6.02. The highest BCUT2D eigenvalue weighted by atomic mass is 35.5. The van der Waals surface area contributed by atoms with Crippen molar-refractivity contribution in [1.29, 1.82) is 0 Å². The van der Waals surface area contributed by atoms with Crippen LogP contribution in [0.2, 0.25) is 5.02 Å². The second kappa shape index (κ2) is 7.03. The third kappa shape index (κ3) is 3.84. The van der Waals surface area contributed by atoms with E-state index in [1.165, 1.54) is 6.07 Å². The number of hydrogen-bond acceptors (Lipinski definition) is 1. The molecule has 2 nitrogen and oxygen atoms in total. The van der Waals surface area contributed by atoms with E-state index in [0.717, 1.165) is 42.8 Å². The maximum absolute atomic E-state index is 13.1. The number of nitrogens with zero attached hydrogens (tertiary/aromatic N) is 1. The van der Waals surface area contributed by atoms with Crippen LogP contribution in [0.5, 0.6) is 0 Å². The molecule has 1 saturated heterocycles. The Labute approximate surface area is 144 Å². The molecule has 0 atom stereocenters. The number of quaternary nitrogens is 1. The molecule has 0 radical (unpaired) electrons. The molecule has 24 heavy (non-hydrogen) atoms. The highest BCUT2D eigenvalue weighted by Crippen LogP contribution is 2.31. The SMILES string of the molecule is FC(F)(F)c1ccccc1C[NH+]1CCN(c2ccccc2Cl)CC1. The number of rotatable bonds is 3. The first-order valence-electron chi connectivity index (χ1n) is 7.93. The number of anilines is 1. The average Bonchev–Trinajstić information content (AvgIpc) is 2.56. The van der Waals surface area contributed by atoms with Crippen LogP contribution in [0.25, 0.3) is 0 Å². The first kappa shape index (κ1) is 17.1. The van der Waals surface area contributed by atoms with E-state index in [2.05, 4.69) is 4.90 Å². The maximum atomic E-state index is 13.1. The topological polar surface area (TPSA) is 7.68 Å². The van der Waals surface area contributed by atoms with Crippen molar-refractivity contribution in [1.82, 2.24) is 0 Å². The summed E-state index contributed by atoms with van der Waals surface area (Å²) in [6.07, 6.45) is -4.30. The Kier molecular flexibility index (Phi) is 5.01. The van der Waals surface area contributed by atoms with Crippen molar-refractivity contribution >= 4 is 17.3 Å². The monoisotopic (exact) mass is 355 g/mol. The van der Waals surface area contributed by atoms with Crippen LogP contribution < -0.4 is 9.80 Å². The Morgan fingerprint density at radius 3 is 2.25 bits per heavy atom. The van der Waals surface area contributed by atoms with Gasteiger partial charge in [-0.2, -0.15) is 13.2 Å². The Balaban J connectivity index is 1.66. The molecule has 2 aromatic rings. The lowest BCUT2D eigenvalue weighted by Gasteiger charge is -2.34. The Bertz CT molecular complexity index is 695. The molecule has 3 rings (SSSR count). The molecule has 1 fully saturated rings. The molecule has 2 aromatic carbocycles. The summed E-state index contributed by atoms with van der Waals surface area (Å²) in [5, 5.41) is 0.711. The lowest BCUT2D eigenvalue weighted by molar-refractivity contribution is -0.914. The molecule has 1 aliphatic heterocycles. The largest absolute Gasteiger partial charge is 0.416 e. The molecule has 0 saturated carbocycles. The van der Waals surface area contributed by atoms with Gasteiger partial charge in [-0.1, -0.05) is 41.9 Å². The summed E-state index contributed by atoms with van der Waals surface area (Å²) >= 11 is 6.22. The number of benzene rings is 2. The standard InChI is InChI=1S/C18H18ClF3N2/c19-16-7-3-4-8-17(16)24-11-9-23(10-12-24)13-14-5-1-2-6-15(14)18(20,21)22/h1-8H,9-13H2/p+1. The number of halogens is 4. The van der Waals surface area contributed by atoms with Crippen LogP contribution in [-0.4, -0.2) is 26.2 Å². The second-order valence-corrected chi connectivity index (χ2v) is 6.43. The van der Waals surface area contributed by atoms with Crippen molar-refractivity contribution < 1.29 is 18.1 Å². The number of para-hydroxylation sites is 1. The van der Waals surface area contributed by atoms with Gasteiger partial charge in [0.1, 0.15) is 6.54 Å². The molecule has 0 bridgehead atoms. The van der Waals surface area contributed by atoms with Crippen LogP contribution in [0.4, 0.5) is 18.9 Å². The molecule has 128 valence electrons. The third-order valence-corrected chi connectivity index (χ3v) is 4.75. The Morgan fingerprint density at radius 1 is 0.958 bits per heavy atom. The van der Waals surface area contributed by atoms with Gasteiger partial charge in [0, 0.05) is 5.56 Å². The molecule has 0 aliphatic carbocycles. The number of alkyl halides is 3. The van der Waals surface area contributed by atoms with Crippen molar-refractivity contribution in [3.05, 3.63) is 64.7 Å². The molecule has 0 amide bonds. The maximum Gasteiger partial charge on any atom is 0.416 e. The van der Waals surface area contributed by atoms with Gasteiger partial charge in [0.25, 0.3) is 0 Å². The van der Waals surface area contributed by atoms with E-state index in [1.807, 2.05) is 24.3 Å². The fourth-order valence-corrected chi connectivity index (χ4v) is 3.42. The lowest BCUT2D eigenvalue weighted by atomic mass is 10.1. The van der Waals surface area contributed by atoms with Gasteiger partial charge in [0.2, 0.25) is 0 Å².